The van der Waals surface area contributed by atoms with Gasteiger partial charge in [-0.25, -0.2) is 0 Å². The van der Waals surface area contributed by atoms with Crippen LogP contribution in [0.15, 0.2) is 176 Å². The molecule has 8 aromatic carbocycles. The summed E-state index contributed by atoms with van der Waals surface area (Å²) in [6.07, 6.45) is 0. The zero-order valence-electron chi connectivity index (χ0n) is 29.5. The van der Waals surface area contributed by atoms with Crippen molar-refractivity contribution < 1.29 is 0 Å². The molecule has 3 aromatic heterocycles. The summed E-state index contributed by atoms with van der Waals surface area (Å²) in [5.74, 6) is 0. The second-order valence-electron chi connectivity index (χ2n) is 14.0. The topological polar surface area (TPSA) is 62.4 Å². The predicted molar refractivity (Wildman–Crippen MR) is 224 cm³/mol. The molecule has 0 unspecified atom stereocenters. The van der Waals surface area contributed by atoms with Crippen LogP contribution in [0.3, 0.4) is 0 Å². The molecule has 0 bridgehead atoms. The quantitative estimate of drug-likeness (QED) is 0.184. The summed E-state index contributed by atoms with van der Waals surface area (Å²) in [4.78, 5) is 0. The Labute approximate surface area is 316 Å². The van der Waals surface area contributed by atoms with Crippen LogP contribution in [0.2, 0.25) is 0 Å². The van der Waals surface area contributed by atoms with Crippen LogP contribution < -0.4 is 0 Å². The molecule has 0 aliphatic carbocycles. The van der Waals surface area contributed by atoms with Crippen molar-refractivity contribution in [2.24, 2.45) is 0 Å². The van der Waals surface area contributed by atoms with Crippen molar-refractivity contribution in [3.63, 3.8) is 0 Å². The van der Waals surface area contributed by atoms with E-state index in [2.05, 4.69) is 159 Å². The van der Waals surface area contributed by atoms with Crippen molar-refractivity contribution in [1.29, 1.82) is 10.5 Å². The Kier molecular flexibility index (Phi) is 6.61. The Balaban J connectivity index is 1.15. The van der Waals surface area contributed by atoms with E-state index in [0.717, 1.165) is 61.0 Å². The molecule has 0 saturated carbocycles. The highest BCUT2D eigenvalue weighted by molar-refractivity contribution is 6.15. The minimum Gasteiger partial charge on any atom is -0.309 e. The molecule has 0 spiro atoms. The summed E-state index contributed by atoms with van der Waals surface area (Å²) in [5.41, 5.74) is 12.8. The third-order valence-electron chi connectivity index (χ3n) is 11.1. The lowest BCUT2D eigenvalue weighted by Gasteiger charge is -2.16. The molecule has 0 aliphatic rings. The van der Waals surface area contributed by atoms with Gasteiger partial charge in [0, 0.05) is 43.6 Å². The van der Waals surface area contributed by atoms with E-state index >= 15 is 0 Å². The monoisotopic (exact) mass is 699 g/mol. The number of hydrogen-bond donors (Lipinski definition) is 0. The fraction of sp³-hybridized carbons (Fsp3) is 0. The van der Waals surface area contributed by atoms with Crippen LogP contribution in [-0.2, 0) is 0 Å². The van der Waals surface area contributed by atoms with Crippen LogP contribution in [0.25, 0.3) is 93.6 Å². The molecule has 55 heavy (non-hydrogen) atoms. The van der Waals surface area contributed by atoms with Crippen molar-refractivity contribution in [2.75, 3.05) is 0 Å². The van der Waals surface area contributed by atoms with Gasteiger partial charge in [0.05, 0.1) is 67.7 Å². The largest absolute Gasteiger partial charge is 0.309 e. The van der Waals surface area contributed by atoms with Gasteiger partial charge in [0.1, 0.15) is 0 Å². The molecule has 0 radical (unpaired) electrons. The highest BCUT2D eigenvalue weighted by atomic mass is 15.1. The molecule has 0 saturated heterocycles. The van der Waals surface area contributed by atoms with Gasteiger partial charge in [-0.1, -0.05) is 109 Å². The van der Waals surface area contributed by atoms with Gasteiger partial charge in [-0.15, -0.1) is 0 Å². The van der Waals surface area contributed by atoms with E-state index in [-0.39, 0.29) is 0 Å². The lowest BCUT2D eigenvalue weighted by Crippen LogP contribution is -2.01. The first-order valence-electron chi connectivity index (χ1n) is 18.3. The minimum absolute atomic E-state index is 0.570. The highest BCUT2D eigenvalue weighted by Crippen LogP contribution is 2.41. The Morgan fingerprint density at radius 2 is 0.909 bits per heavy atom. The van der Waals surface area contributed by atoms with Crippen LogP contribution in [0.5, 0.6) is 0 Å². The van der Waals surface area contributed by atoms with Crippen molar-refractivity contribution in [2.45, 2.75) is 0 Å². The van der Waals surface area contributed by atoms with Crippen LogP contribution in [0, 0.1) is 22.7 Å². The van der Waals surface area contributed by atoms with Crippen LogP contribution in [0.1, 0.15) is 11.1 Å². The first kappa shape index (κ1) is 30.7. The first-order chi connectivity index (χ1) is 27.2. The molecular formula is C50H29N5. The fourth-order valence-electron chi connectivity index (χ4n) is 8.82. The second kappa shape index (κ2) is 11.8. The molecule has 0 atom stereocenters. The van der Waals surface area contributed by atoms with Crippen molar-refractivity contribution in [3.05, 3.63) is 187 Å². The van der Waals surface area contributed by atoms with Gasteiger partial charge < -0.3 is 13.7 Å². The molecular weight excluding hydrogens is 671 g/mol. The van der Waals surface area contributed by atoms with E-state index in [1.165, 1.54) is 32.6 Å². The standard InChI is InChI=1S/C50H29N5/c51-30-32-23-28-36(48(29-32)55-45-20-8-4-15-41(45)49-34(31-52)11-9-21-46(49)55)33-24-26-35(27-25-33)53-42-17-5-3-14-39(42)40-16-10-22-47(50(40)53)54-43-18-6-1-12-37(43)38-13-2-7-19-44(38)54/h1-29H. The summed E-state index contributed by atoms with van der Waals surface area (Å²) in [5, 5.41) is 26.9. The van der Waals surface area contributed by atoms with E-state index in [9.17, 15) is 10.5 Å². The van der Waals surface area contributed by atoms with Crippen molar-refractivity contribution in [3.8, 4) is 40.3 Å². The van der Waals surface area contributed by atoms with Crippen molar-refractivity contribution in [1.82, 2.24) is 13.7 Å². The van der Waals surface area contributed by atoms with E-state index in [0.29, 0.717) is 11.1 Å². The zero-order valence-corrected chi connectivity index (χ0v) is 29.5. The maximum absolute atomic E-state index is 10.1. The first-order valence-corrected chi connectivity index (χ1v) is 18.3. The third kappa shape index (κ3) is 4.39. The van der Waals surface area contributed by atoms with Gasteiger partial charge in [0.25, 0.3) is 0 Å². The van der Waals surface area contributed by atoms with Gasteiger partial charge in [0.2, 0.25) is 0 Å². The van der Waals surface area contributed by atoms with Gasteiger partial charge in [-0.3, -0.25) is 0 Å². The van der Waals surface area contributed by atoms with E-state index in [4.69, 9.17) is 0 Å². The highest BCUT2D eigenvalue weighted by Gasteiger charge is 2.21. The average molecular weight is 700 g/mol. The van der Waals surface area contributed by atoms with E-state index in [1.807, 2.05) is 42.5 Å². The van der Waals surface area contributed by atoms with Gasteiger partial charge in [-0.2, -0.15) is 10.5 Å². The van der Waals surface area contributed by atoms with Crippen molar-refractivity contribution >= 4 is 65.4 Å². The molecule has 11 aromatic rings. The molecule has 5 heteroatoms. The molecule has 0 fully saturated rings. The van der Waals surface area contributed by atoms with E-state index < -0.39 is 0 Å². The smallest absolute Gasteiger partial charge is 0.0998 e. The van der Waals surface area contributed by atoms with E-state index in [1.54, 1.807) is 0 Å². The number of benzene rings is 8. The number of rotatable bonds is 4. The van der Waals surface area contributed by atoms with Gasteiger partial charge in [0.15, 0.2) is 0 Å². The number of nitriles is 2. The normalized spacial score (nSPS) is 11.6. The van der Waals surface area contributed by atoms with Crippen LogP contribution in [0.4, 0.5) is 0 Å². The molecule has 11 rings (SSSR count). The molecule has 0 amide bonds. The molecule has 0 N–H and O–H groups in total. The molecule has 3 heterocycles. The summed E-state index contributed by atoms with van der Waals surface area (Å²) in [6.45, 7) is 0. The molecule has 5 nitrogen and oxygen atoms in total. The number of para-hydroxylation sites is 5. The Morgan fingerprint density at radius 3 is 1.56 bits per heavy atom. The Bertz CT molecular complexity index is 3400. The van der Waals surface area contributed by atoms with Gasteiger partial charge in [-0.05, 0) is 72.3 Å². The SMILES string of the molecule is N#Cc1ccc(-c2ccc(-n3c4ccccc4c4cccc(-n5c6ccccc6c6ccccc65)c43)cc2)c(-n2c3ccccc3c3c(C#N)cccc32)c1. The van der Waals surface area contributed by atoms with Gasteiger partial charge >= 0.3 is 0 Å². The summed E-state index contributed by atoms with van der Waals surface area (Å²) in [7, 11) is 0. The Hall–Kier alpha value is -7.86. The second-order valence-corrected chi connectivity index (χ2v) is 14.0. The molecule has 0 aliphatic heterocycles. The maximum atomic E-state index is 10.1. The van der Waals surface area contributed by atoms with Crippen LogP contribution in [-0.4, -0.2) is 13.7 Å². The summed E-state index contributed by atoms with van der Waals surface area (Å²) >= 11 is 0. The lowest BCUT2D eigenvalue weighted by atomic mass is 10.0. The number of aromatic nitrogens is 3. The maximum Gasteiger partial charge on any atom is 0.0998 e. The average Bonchev–Trinajstić information content (AvgIpc) is 3.89. The fourth-order valence-corrected chi connectivity index (χ4v) is 8.82. The van der Waals surface area contributed by atoms with Crippen LogP contribution >= 0.6 is 0 Å². The summed E-state index contributed by atoms with van der Waals surface area (Å²) < 4.78 is 6.99. The number of nitrogens with zero attached hydrogens (tertiary/aromatic N) is 5. The third-order valence-corrected chi connectivity index (χ3v) is 11.1. The predicted octanol–water partition coefficient (Wildman–Crippen LogP) is 12.4. The Morgan fingerprint density at radius 1 is 0.382 bits per heavy atom. The number of fused-ring (bicyclic) bond motifs is 9. The lowest BCUT2D eigenvalue weighted by molar-refractivity contribution is 1.13. The molecule has 254 valence electrons. The minimum atomic E-state index is 0.570. The summed E-state index contributed by atoms with van der Waals surface area (Å²) in [6, 6.07) is 66.0. The number of hydrogen-bond acceptors (Lipinski definition) is 2. The zero-order chi connectivity index (χ0) is 36.6.